The summed E-state index contributed by atoms with van der Waals surface area (Å²) in [6.07, 6.45) is 8.06. The fourth-order valence-corrected chi connectivity index (χ4v) is 6.37. The van der Waals surface area contributed by atoms with Crippen molar-refractivity contribution in [1.29, 1.82) is 0 Å². The number of esters is 1. The van der Waals surface area contributed by atoms with Crippen molar-refractivity contribution in [3.05, 3.63) is 11.6 Å². The first kappa shape index (κ1) is 20.4. The van der Waals surface area contributed by atoms with E-state index in [1.54, 1.807) is 0 Å². The lowest BCUT2D eigenvalue weighted by molar-refractivity contribution is -0.196. The second kappa shape index (κ2) is 6.61. The third-order valence-corrected chi connectivity index (χ3v) is 7.65. The van der Waals surface area contributed by atoms with E-state index in [9.17, 15) is 14.7 Å². The molecule has 0 aromatic rings. The summed E-state index contributed by atoms with van der Waals surface area (Å²) in [5.74, 6) is -0.665. The summed E-state index contributed by atoms with van der Waals surface area (Å²) in [5.41, 5.74) is -0.0855. The van der Waals surface area contributed by atoms with Crippen LogP contribution in [0.2, 0.25) is 0 Å². The number of rotatable bonds is 4. The second-order valence-corrected chi connectivity index (χ2v) is 10.0. The maximum Gasteiger partial charge on any atom is 0.306 e. The molecule has 2 fully saturated rings. The van der Waals surface area contributed by atoms with E-state index in [2.05, 4.69) is 26.8 Å². The molecule has 1 aliphatic heterocycles. The number of ether oxygens (including phenoxy) is 2. The molecule has 2 aliphatic carbocycles. The maximum atomic E-state index is 11.5. The van der Waals surface area contributed by atoms with Crippen molar-refractivity contribution < 1.29 is 24.2 Å². The molecular weight excluding hydrogens is 344 g/mol. The molecule has 1 saturated heterocycles. The highest BCUT2D eigenvalue weighted by Crippen LogP contribution is 2.66. The average Bonchev–Trinajstić information content (AvgIpc) is 2.86. The van der Waals surface area contributed by atoms with Crippen LogP contribution in [0.25, 0.3) is 0 Å². The van der Waals surface area contributed by atoms with E-state index < -0.39 is 17.2 Å². The van der Waals surface area contributed by atoms with Crippen molar-refractivity contribution >= 4 is 11.9 Å². The monoisotopic (exact) mass is 378 g/mol. The molecule has 3 aliphatic rings. The Bertz CT molecular complexity index is 666. The van der Waals surface area contributed by atoms with E-state index in [0.717, 1.165) is 31.3 Å². The van der Waals surface area contributed by atoms with Gasteiger partial charge < -0.3 is 14.6 Å². The first-order chi connectivity index (χ1) is 12.4. The highest BCUT2D eigenvalue weighted by atomic mass is 16.5. The van der Waals surface area contributed by atoms with Crippen LogP contribution in [0.4, 0.5) is 0 Å². The Kier molecular flexibility index (Phi) is 4.99. The van der Waals surface area contributed by atoms with Crippen molar-refractivity contribution in [3.63, 3.8) is 0 Å². The number of allylic oxidation sites excluding steroid dienone is 1. The summed E-state index contributed by atoms with van der Waals surface area (Å²) in [6, 6.07) is 0. The maximum absolute atomic E-state index is 11.5. The minimum atomic E-state index is -0.832. The zero-order chi connectivity index (χ0) is 20.1. The van der Waals surface area contributed by atoms with Gasteiger partial charge in [0.2, 0.25) is 0 Å². The summed E-state index contributed by atoms with van der Waals surface area (Å²) in [6.45, 7) is 10.6. The van der Waals surface area contributed by atoms with Crippen molar-refractivity contribution in [1.82, 2.24) is 0 Å². The van der Waals surface area contributed by atoms with Gasteiger partial charge in [0.15, 0.2) is 0 Å². The average molecular weight is 379 g/mol. The molecule has 0 amide bonds. The van der Waals surface area contributed by atoms with Crippen LogP contribution < -0.4 is 0 Å². The second-order valence-electron chi connectivity index (χ2n) is 10.0. The number of carbonyl (C=O) groups excluding carboxylic acids is 1. The first-order valence-electron chi connectivity index (χ1n) is 10.2. The Morgan fingerprint density at radius 1 is 1.19 bits per heavy atom. The van der Waals surface area contributed by atoms with Crippen molar-refractivity contribution in [2.24, 2.45) is 16.7 Å². The molecule has 0 unspecified atom stereocenters. The number of fused-ring (bicyclic) bond motifs is 2. The predicted molar refractivity (Wildman–Crippen MR) is 102 cm³/mol. The molecule has 3 rings (SSSR count). The van der Waals surface area contributed by atoms with Crippen LogP contribution in [-0.4, -0.2) is 34.9 Å². The van der Waals surface area contributed by atoms with Gasteiger partial charge >= 0.3 is 11.9 Å². The standard InChI is InChI=1S/C22H34O5/c1-15(23)26-14-16-7-8-17-19(2,3)9-6-10-21(17,5)22(16)12-11-20(4,27-22)13-18(24)25/h7,17H,6,8-14H2,1-5H3,(H,24,25)/t17-,20-,21+,22-/m1/s1. The third-order valence-electron chi connectivity index (χ3n) is 7.65. The molecule has 0 radical (unpaired) electrons. The molecular formula is C22H34O5. The van der Waals surface area contributed by atoms with E-state index in [0.29, 0.717) is 12.3 Å². The largest absolute Gasteiger partial charge is 0.481 e. The highest BCUT2D eigenvalue weighted by molar-refractivity contribution is 5.68. The molecule has 0 aromatic carbocycles. The van der Waals surface area contributed by atoms with Crippen molar-refractivity contribution in [2.45, 2.75) is 90.8 Å². The van der Waals surface area contributed by atoms with Crippen molar-refractivity contribution in [2.75, 3.05) is 6.61 Å². The van der Waals surface area contributed by atoms with Gasteiger partial charge in [-0.15, -0.1) is 0 Å². The Morgan fingerprint density at radius 2 is 1.89 bits per heavy atom. The first-order valence-corrected chi connectivity index (χ1v) is 10.2. The van der Waals surface area contributed by atoms with Gasteiger partial charge in [-0.25, -0.2) is 0 Å². The van der Waals surface area contributed by atoms with E-state index in [-0.39, 0.29) is 29.8 Å². The third kappa shape index (κ3) is 3.32. The minimum Gasteiger partial charge on any atom is -0.481 e. The SMILES string of the molecule is CC(=O)OCC1=CC[C@@H]2C(C)(C)CCC[C@]2(C)[C@@]12CC[C@](C)(CC(=O)O)O2. The van der Waals surface area contributed by atoms with Gasteiger partial charge in [-0.05, 0) is 55.9 Å². The molecule has 152 valence electrons. The lowest BCUT2D eigenvalue weighted by atomic mass is 9.46. The molecule has 1 N–H and O–H groups in total. The van der Waals surface area contributed by atoms with Crippen LogP contribution in [0.15, 0.2) is 11.6 Å². The number of hydrogen-bond acceptors (Lipinski definition) is 4. The van der Waals surface area contributed by atoms with E-state index in [1.165, 1.54) is 13.3 Å². The number of carbonyl (C=O) groups is 2. The van der Waals surface area contributed by atoms with Gasteiger partial charge in [0.05, 0.1) is 17.6 Å². The number of carboxylic acids is 1. The van der Waals surface area contributed by atoms with Gasteiger partial charge in [0, 0.05) is 12.3 Å². The fourth-order valence-electron chi connectivity index (χ4n) is 6.37. The van der Waals surface area contributed by atoms with E-state index >= 15 is 0 Å². The number of carboxylic acid groups (broad SMARTS) is 1. The minimum absolute atomic E-state index is 0.000263. The molecule has 1 spiro atoms. The number of aliphatic carboxylic acids is 1. The van der Waals surface area contributed by atoms with Crippen LogP contribution in [0.3, 0.4) is 0 Å². The van der Waals surface area contributed by atoms with Gasteiger partial charge in [0.25, 0.3) is 0 Å². The molecule has 5 nitrogen and oxygen atoms in total. The Morgan fingerprint density at radius 3 is 2.52 bits per heavy atom. The summed E-state index contributed by atoms with van der Waals surface area (Å²) < 4.78 is 12.1. The van der Waals surface area contributed by atoms with E-state index in [1.807, 2.05) is 6.92 Å². The van der Waals surface area contributed by atoms with Gasteiger partial charge in [-0.2, -0.15) is 0 Å². The molecule has 1 heterocycles. The summed E-state index contributed by atoms with van der Waals surface area (Å²) >= 11 is 0. The summed E-state index contributed by atoms with van der Waals surface area (Å²) in [7, 11) is 0. The zero-order valence-corrected chi connectivity index (χ0v) is 17.4. The smallest absolute Gasteiger partial charge is 0.306 e. The highest BCUT2D eigenvalue weighted by Gasteiger charge is 2.65. The van der Waals surface area contributed by atoms with Crippen LogP contribution in [0.1, 0.15) is 79.6 Å². The van der Waals surface area contributed by atoms with Gasteiger partial charge in [-0.3, -0.25) is 9.59 Å². The van der Waals surface area contributed by atoms with Crippen molar-refractivity contribution in [3.8, 4) is 0 Å². The molecule has 1 saturated carbocycles. The normalized spacial score (nSPS) is 40.3. The van der Waals surface area contributed by atoms with Crippen LogP contribution in [0, 0.1) is 16.7 Å². The topological polar surface area (TPSA) is 72.8 Å². The predicted octanol–water partition coefficient (Wildman–Crippen LogP) is 4.49. The van der Waals surface area contributed by atoms with Crippen LogP contribution in [-0.2, 0) is 19.1 Å². The summed E-state index contributed by atoms with van der Waals surface area (Å²) in [4.78, 5) is 22.9. The van der Waals surface area contributed by atoms with Crippen LogP contribution in [0.5, 0.6) is 0 Å². The lowest BCUT2D eigenvalue weighted by Crippen LogP contribution is -2.60. The van der Waals surface area contributed by atoms with Crippen LogP contribution >= 0.6 is 0 Å². The zero-order valence-electron chi connectivity index (χ0n) is 17.4. The Balaban J connectivity index is 2.04. The summed E-state index contributed by atoms with van der Waals surface area (Å²) in [5, 5.41) is 9.38. The number of hydrogen-bond donors (Lipinski definition) is 1. The lowest BCUT2D eigenvalue weighted by Gasteiger charge is -2.61. The molecule has 27 heavy (non-hydrogen) atoms. The molecule has 5 heteroatoms. The Hall–Kier alpha value is -1.36. The van der Waals surface area contributed by atoms with E-state index in [4.69, 9.17) is 9.47 Å². The quantitative estimate of drug-likeness (QED) is 0.576. The molecule has 4 atom stereocenters. The van der Waals surface area contributed by atoms with Gasteiger partial charge in [0.1, 0.15) is 6.61 Å². The van der Waals surface area contributed by atoms with Gasteiger partial charge in [-0.1, -0.05) is 33.3 Å². The molecule has 0 aromatic heterocycles. The Labute approximate surface area is 162 Å². The fraction of sp³-hybridized carbons (Fsp3) is 0.818. The molecule has 0 bridgehead atoms.